The number of fused-ring (bicyclic) bond motifs is 1. The molecule has 7 heteroatoms. The predicted octanol–water partition coefficient (Wildman–Crippen LogP) is 1.19. The summed E-state index contributed by atoms with van der Waals surface area (Å²) in [4.78, 5) is 18.0. The summed E-state index contributed by atoms with van der Waals surface area (Å²) in [6.45, 7) is 0.480. The minimum atomic E-state index is -0.629. The fourth-order valence-electron chi connectivity index (χ4n) is 2.00. The Hall–Kier alpha value is -2.12. The van der Waals surface area contributed by atoms with Crippen LogP contribution in [-0.4, -0.2) is 56.1 Å². The van der Waals surface area contributed by atoms with E-state index in [9.17, 15) is 9.90 Å². The summed E-state index contributed by atoms with van der Waals surface area (Å²) >= 11 is 1.58. The molecular weight excluding hydrogens is 312 g/mol. The molecular formula is C16H22N4O2S. The summed E-state index contributed by atoms with van der Waals surface area (Å²) in [7, 11) is 5.03. The number of guanidine groups is 1. The number of nitrogens with zero attached hydrogens (tertiary/aromatic N) is 2. The van der Waals surface area contributed by atoms with Gasteiger partial charge in [0.1, 0.15) is 6.10 Å². The number of nitrogens with one attached hydrogen (secondary N) is 2. The molecule has 0 radical (unpaired) electrons. The molecule has 23 heavy (non-hydrogen) atoms. The van der Waals surface area contributed by atoms with Crippen molar-refractivity contribution in [2.75, 3.05) is 34.2 Å². The normalized spacial score (nSPS) is 13.0. The van der Waals surface area contributed by atoms with E-state index in [2.05, 4.69) is 15.6 Å². The van der Waals surface area contributed by atoms with Crippen LogP contribution in [0, 0.1) is 0 Å². The van der Waals surface area contributed by atoms with Crippen LogP contribution in [0.15, 0.2) is 35.3 Å². The van der Waals surface area contributed by atoms with E-state index in [0.717, 1.165) is 15.0 Å². The molecule has 1 aromatic heterocycles. The van der Waals surface area contributed by atoms with Crippen LogP contribution in [0.25, 0.3) is 10.1 Å². The molecule has 1 unspecified atom stereocenters. The van der Waals surface area contributed by atoms with Crippen LogP contribution in [0.4, 0.5) is 0 Å². The molecule has 124 valence electrons. The van der Waals surface area contributed by atoms with Crippen LogP contribution >= 0.6 is 11.3 Å². The van der Waals surface area contributed by atoms with E-state index >= 15 is 0 Å². The van der Waals surface area contributed by atoms with Crippen LogP contribution in [0.1, 0.15) is 11.0 Å². The van der Waals surface area contributed by atoms with Crippen LogP contribution < -0.4 is 10.6 Å². The van der Waals surface area contributed by atoms with Gasteiger partial charge in [-0.25, -0.2) is 0 Å². The maximum atomic E-state index is 11.6. The van der Waals surface area contributed by atoms with Gasteiger partial charge in [-0.3, -0.25) is 9.79 Å². The number of thiophene rings is 1. The number of amides is 1. The van der Waals surface area contributed by atoms with Gasteiger partial charge in [0.2, 0.25) is 5.91 Å². The zero-order chi connectivity index (χ0) is 16.8. The van der Waals surface area contributed by atoms with Gasteiger partial charge in [0, 0.05) is 37.3 Å². The number of carbonyl (C=O) groups is 1. The first-order chi connectivity index (χ1) is 11.0. The number of likely N-dealkylation sites (N-methyl/N-ethyl adjacent to an activating group) is 1. The van der Waals surface area contributed by atoms with E-state index < -0.39 is 6.10 Å². The molecule has 1 aromatic carbocycles. The van der Waals surface area contributed by atoms with Gasteiger partial charge < -0.3 is 20.6 Å². The minimum absolute atomic E-state index is 0.0435. The third kappa shape index (κ3) is 4.67. The third-order valence-electron chi connectivity index (χ3n) is 3.37. The fraction of sp³-hybridized carbons (Fsp3) is 0.375. The van der Waals surface area contributed by atoms with E-state index in [0.29, 0.717) is 12.5 Å². The van der Waals surface area contributed by atoms with Gasteiger partial charge in [0.25, 0.3) is 0 Å². The first-order valence-corrected chi connectivity index (χ1v) is 8.14. The molecule has 2 aromatic rings. The Balaban J connectivity index is 1.89. The number of benzene rings is 1. The first-order valence-electron chi connectivity index (χ1n) is 7.32. The average molecular weight is 334 g/mol. The Morgan fingerprint density at radius 3 is 2.74 bits per heavy atom. The molecule has 1 heterocycles. The van der Waals surface area contributed by atoms with Crippen LogP contribution in [-0.2, 0) is 4.79 Å². The predicted molar refractivity (Wildman–Crippen MR) is 94.8 cm³/mol. The lowest BCUT2D eigenvalue weighted by Crippen LogP contribution is -2.43. The zero-order valence-electron chi connectivity index (χ0n) is 13.5. The van der Waals surface area contributed by atoms with Gasteiger partial charge in [0.05, 0.1) is 6.54 Å². The molecule has 0 saturated carbocycles. The second-order valence-electron chi connectivity index (χ2n) is 5.30. The Morgan fingerprint density at radius 2 is 2.09 bits per heavy atom. The SMILES string of the molecule is CN=C(NCC(=O)N(C)C)NCC(O)c1cc2ccccc2s1. The molecule has 0 bridgehead atoms. The van der Waals surface area contributed by atoms with Gasteiger partial charge in [-0.15, -0.1) is 11.3 Å². The van der Waals surface area contributed by atoms with E-state index in [4.69, 9.17) is 0 Å². The third-order valence-corrected chi connectivity index (χ3v) is 4.58. The monoisotopic (exact) mass is 334 g/mol. The van der Waals surface area contributed by atoms with Crippen LogP contribution in [0.5, 0.6) is 0 Å². The van der Waals surface area contributed by atoms with Gasteiger partial charge in [-0.2, -0.15) is 0 Å². The quantitative estimate of drug-likeness (QED) is 0.567. The highest BCUT2D eigenvalue weighted by Crippen LogP contribution is 2.29. The Labute approximate surface area is 139 Å². The maximum absolute atomic E-state index is 11.6. The Morgan fingerprint density at radius 1 is 1.35 bits per heavy atom. The fourth-order valence-corrected chi connectivity index (χ4v) is 3.05. The summed E-state index contributed by atoms with van der Waals surface area (Å²) < 4.78 is 1.15. The minimum Gasteiger partial charge on any atom is -0.386 e. The lowest BCUT2D eigenvalue weighted by molar-refractivity contribution is -0.127. The molecule has 0 saturated heterocycles. The second kappa shape index (κ2) is 7.94. The molecule has 3 N–H and O–H groups in total. The molecule has 1 atom stereocenters. The number of aliphatic imine (C=N–C) groups is 1. The van der Waals surface area contributed by atoms with Crippen LogP contribution in [0.2, 0.25) is 0 Å². The topological polar surface area (TPSA) is 77.0 Å². The van der Waals surface area contributed by atoms with E-state index in [1.54, 1.807) is 32.5 Å². The highest BCUT2D eigenvalue weighted by atomic mass is 32.1. The standard InChI is InChI=1S/C16H22N4O2S/c1-17-16(19-10-15(22)20(2)3)18-9-12(21)14-8-11-6-4-5-7-13(11)23-14/h4-8,12,21H,9-10H2,1-3H3,(H2,17,18,19). The Kier molecular flexibility index (Phi) is 5.95. The number of hydrogen-bond donors (Lipinski definition) is 3. The highest BCUT2D eigenvalue weighted by molar-refractivity contribution is 7.19. The van der Waals surface area contributed by atoms with Gasteiger partial charge >= 0.3 is 0 Å². The van der Waals surface area contributed by atoms with Crippen molar-refractivity contribution in [3.63, 3.8) is 0 Å². The van der Waals surface area contributed by atoms with Crippen molar-refractivity contribution in [3.8, 4) is 0 Å². The van der Waals surface area contributed by atoms with Crippen molar-refractivity contribution < 1.29 is 9.90 Å². The van der Waals surface area contributed by atoms with Gasteiger partial charge in [-0.05, 0) is 17.5 Å². The molecule has 0 fully saturated rings. The molecule has 1 amide bonds. The van der Waals surface area contributed by atoms with Gasteiger partial charge in [-0.1, -0.05) is 18.2 Å². The zero-order valence-corrected chi connectivity index (χ0v) is 14.4. The largest absolute Gasteiger partial charge is 0.386 e. The van der Waals surface area contributed by atoms with Crippen molar-refractivity contribution >= 4 is 33.3 Å². The number of hydrogen-bond acceptors (Lipinski definition) is 4. The van der Waals surface area contributed by atoms with Crippen molar-refractivity contribution in [1.29, 1.82) is 0 Å². The summed E-state index contributed by atoms with van der Waals surface area (Å²) in [6.07, 6.45) is -0.629. The summed E-state index contributed by atoms with van der Waals surface area (Å²) in [5.74, 6) is 0.443. The van der Waals surface area contributed by atoms with Crippen molar-refractivity contribution in [2.24, 2.45) is 4.99 Å². The smallest absolute Gasteiger partial charge is 0.241 e. The molecule has 0 aliphatic rings. The summed E-state index contributed by atoms with van der Waals surface area (Å²) in [6, 6.07) is 10.0. The maximum Gasteiger partial charge on any atom is 0.241 e. The summed E-state index contributed by atoms with van der Waals surface area (Å²) in [5, 5.41) is 17.4. The second-order valence-corrected chi connectivity index (χ2v) is 6.41. The molecule has 0 aliphatic heterocycles. The number of carbonyl (C=O) groups excluding carboxylic acids is 1. The molecule has 0 aliphatic carbocycles. The highest BCUT2D eigenvalue weighted by Gasteiger charge is 2.12. The molecule has 6 nitrogen and oxygen atoms in total. The van der Waals surface area contributed by atoms with E-state index in [1.807, 2.05) is 30.3 Å². The Bertz CT molecular complexity index is 663. The van der Waals surface area contributed by atoms with Crippen molar-refractivity contribution in [3.05, 3.63) is 35.2 Å². The lowest BCUT2D eigenvalue weighted by Gasteiger charge is -2.16. The lowest BCUT2D eigenvalue weighted by atomic mass is 10.2. The number of aliphatic hydroxyl groups excluding tert-OH is 1. The molecule has 0 spiro atoms. The average Bonchev–Trinajstić information content (AvgIpc) is 2.98. The van der Waals surface area contributed by atoms with Crippen molar-refractivity contribution in [2.45, 2.75) is 6.10 Å². The van der Waals surface area contributed by atoms with Crippen LogP contribution in [0.3, 0.4) is 0 Å². The van der Waals surface area contributed by atoms with E-state index in [-0.39, 0.29) is 12.5 Å². The van der Waals surface area contributed by atoms with Gasteiger partial charge in [0.15, 0.2) is 5.96 Å². The molecule has 2 rings (SSSR count). The first kappa shape index (κ1) is 17.2. The van der Waals surface area contributed by atoms with E-state index in [1.165, 1.54) is 4.90 Å². The summed E-state index contributed by atoms with van der Waals surface area (Å²) in [5.41, 5.74) is 0. The van der Waals surface area contributed by atoms with Crippen molar-refractivity contribution in [1.82, 2.24) is 15.5 Å². The number of rotatable bonds is 5. The number of aliphatic hydroxyl groups is 1.